The molecule has 7 heteroatoms. The number of anilines is 1. The molecule has 1 N–H and O–H groups in total. The molecule has 0 unspecified atom stereocenters. The normalized spacial score (nSPS) is 11.1. The van der Waals surface area contributed by atoms with Crippen LogP contribution in [0.2, 0.25) is 10.0 Å². The summed E-state index contributed by atoms with van der Waals surface area (Å²) in [4.78, 5) is 17.2. The number of nitrogens with one attached hydrogen (secondary N) is 1. The number of benzene rings is 2. The maximum absolute atomic E-state index is 13.0. The summed E-state index contributed by atoms with van der Waals surface area (Å²) < 4.78 is 11.2. The summed E-state index contributed by atoms with van der Waals surface area (Å²) >= 11 is 12.0. The van der Waals surface area contributed by atoms with Crippen LogP contribution in [-0.4, -0.2) is 18.0 Å². The molecule has 0 saturated carbocycles. The van der Waals surface area contributed by atoms with E-state index in [9.17, 15) is 4.79 Å². The number of aromatic nitrogens is 1. The highest BCUT2D eigenvalue weighted by Crippen LogP contribution is 2.43. The quantitative estimate of drug-likeness (QED) is 0.469. The van der Waals surface area contributed by atoms with Crippen molar-refractivity contribution in [2.45, 2.75) is 6.92 Å². The highest BCUT2D eigenvalue weighted by atomic mass is 35.5. The Morgan fingerprint density at radius 2 is 1.96 bits per heavy atom. The van der Waals surface area contributed by atoms with Gasteiger partial charge >= 0.3 is 0 Å². The minimum absolute atomic E-state index is 0.311. The highest BCUT2D eigenvalue weighted by Gasteiger charge is 2.28. The average molecular weight is 401 g/mol. The molecule has 3 heterocycles. The first-order chi connectivity index (χ1) is 13.0. The molecule has 136 valence electrons. The number of amides is 1. The molecule has 5 nitrogen and oxygen atoms in total. The van der Waals surface area contributed by atoms with Gasteiger partial charge in [-0.15, -0.1) is 0 Å². The summed E-state index contributed by atoms with van der Waals surface area (Å²) in [5.41, 5.74) is 4.28. The van der Waals surface area contributed by atoms with Gasteiger partial charge in [-0.1, -0.05) is 23.2 Å². The monoisotopic (exact) mass is 400 g/mol. The number of pyridine rings is 1. The molecule has 0 spiro atoms. The smallest absolute Gasteiger partial charge is 0.260 e. The van der Waals surface area contributed by atoms with Crippen LogP contribution >= 0.6 is 23.2 Å². The molecule has 0 fully saturated rings. The van der Waals surface area contributed by atoms with Crippen molar-refractivity contribution in [2.75, 3.05) is 12.4 Å². The number of aryl methyl sites for hydroxylation is 1. The van der Waals surface area contributed by atoms with E-state index in [-0.39, 0.29) is 5.91 Å². The van der Waals surface area contributed by atoms with Gasteiger partial charge in [0.15, 0.2) is 11.3 Å². The molecule has 4 rings (SSSR count). The predicted octanol–water partition coefficient (Wildman–Crippen LogP) is 5.81. The third-order valence-electron chi connectivity index (χ3n) is 4.23. The van der Waals surface area contributed by atoms with E-state index in [2.05, 4.69) is 10.3 Å². The van der Waals surface area contributed by atoms with Crippen molar-refractivity contribution in [1.82, 2.24) is 4.98 Å². The molecule has 0 atom stereocenters. The zero-order chi connectivity index (χ0) is 19.1. The SMILES string of the molecule is COc1cc2oc1c(-c1ccnc(C)c1)c2C(=O)Nc1ccc(Cl)c(Cl)c1. The number of methoxy groups -OCH3 is 1. The highest BCUT2D eigenvalue weighted by molar-refractivity contribution is 6.42. The van der Waals surface area contributed by atoms with Crippen LogP contribution in [0.25, 0.3) is 22.3 Å². The summed E-state index contributed by atoms with van der Waals surface area (Å²) in [5, 5.41) is 3.63. The van der Waals surface area contributed by atoms with Gasteiger partial charge in [-0.25, -0.2) is 0 Å². The average Bonchev–Trinajstić information content (AvgIpc) is 3.22. The maximum atomic E-state index is 13.0. The Hall–Kier alpha value is -2.76. The van der Waals surface area contributed by atoms with Gasteiger partial charge in [0.1, 0.15) is 5.58 Å². The van der Waals surface area contributed by atoms with Gasteiger partial charge in [0.05, 0.1) is 22.7 Å². The van der Waals surface area contributed by atoms with Gasteiger partial charge in [0.25, 0.3) is 5.91 Å². The predicted molar refractivity (Wildman–Crippen MR) is 106 cm³/mol. The zero-order valence-corrected chi connectivity index (χ0v) is 16.0. The van der Waals surface area contributed by atoms with Gasteiger partial charge < -0.3 is 14.5 Å². The number of carbonyl (C=O) groups is 1. The molecule has 4 aromatic rings. The number of rotatable bonds is 4. The molecule has 0 radical (unpaired) electrons. The third kappa shape index (κ3) is 3.09. The number of ether oxygens (including phenoxy) is 1. The number of halogens is 2. The Kier molecular flexibility index (Phi) is 4.42. The summed E-state index contributed by atoms with van der Waals surface area (Å²) in [6.45, 7) is 1.89. The van der Waals surface area contributed by atoms with E-state index in [1.165, 1.54) is 0 Å². The van der Waals surface area contributed by atoms with E-state index in [1.54, 1.807) is 37.6 Å². The molecule has 1 amide bonds. The number of hydrogen-bond donors (Lipinski definition) is 1. The minimum Gasteiger partial charge on any atom is -0.493 e. The van der Waals surface area contributed by atoms with Crippen molar-refractivity contribution in [3.05, 3.63) is 63.9 Å². The van der Waals surface area contributed by atoms with E-state index in [1.807, 2.05) is 19.1 Å². The van der Waals surface area contributed by atoms with Crippen molar-refractivity contribution >= 4 is 46.0 Å². The summed E-state index contributed by atoms with van der Waals surface area (Å²) in [5.74, 6) is 0.273. The fourth-order valence-electron chi connectivity index (χ4n) is 3.03. The lowest BCUT2D eigenvalue weighted by Crippen LogP contribution is -2.13. The number of furan rings is 2. The zero-order valence-electron chi connectivity index (χ0n) is 14.5. The Bertz CT molecular complexity index is 1150. The van der Waals surface area contributed by atoms with Crippen LogP contribution in [0.1, 0.15) is 16.1 Å². The second-order valence-electron chi connectivity index (χ2n) is 6.03. The molecule has 3 aromatic heterocycles. The lowest BCUT2D eigenvalue weighted by molar-refractivity contribution is 0.102. The van der Waals surface area contributed by atoms with E-state index in [0.29, 0.717) is 43.8 Å². The number of hydrogen-bond acceptors (Lipinski definition) is 4. The van der Waals surface area contributed by atoms with E-state index >= 15 is 0 Å². The van der Waals surface area contributed by atoms with Crippen LogP contribution < -0.4 is 10.1 Å². The van der Waals surface area contributed by atoms with Crippen molar-refractivity contribution < 1.29 is 13.9 Å². The van der Waals surface area contributed by atoms with Crippen LogP contribution in [0.5, 0.6) is 5.75 Å². The van der Waals surface area contributed by atoms with Crippen LogP contribution in [0.4, 0.5) is 5.69 Å². The van der Waals surface area contributed by atoms with Crippen LogP contribution in [-0.2, 0) is 0 Å². The molecule has 0 aliphatic carbocycles. The first-order valence-corrected chi connectivity index (χ1v) is 8.86. The van der Waals surface area contributed by atoms with Crippen molar-refractivity contribution in [2.24, 2.45) is 0 Å². The molecule has 2 bridgehead atoms. The Morgan fingerprint density at radius 1 is 1.15 bits per heavy atom. The van der Waals surface area contributed by atoms with Crippen molar-refractivity contribution in [1.29, 1.82) is 0 Å². The van der Waals surface area contributed by atoms with E-state index in [0.717, 1.165) is 11.3 Å². The van der Waals surface area contributed by atoms with Crippen molar-refractivity contribution in [3.63, 3.8) is 0 Å². The van der Waals surface area contributed by atoms with Gasteiger partial charge in [0.2, 0.25) is 0 Å². The number of carbonyl (C=O) groups excluding carboxylic acids is 1. The lowest BCUT2D eigenvalue weighted by atomic mass is 9.99. The second kappa shape index (κ2) is 6.76. The number of nitrogens with zero attached hydrogens (tertiary/aromatic N) is 1. The summed E-state index contributed by atoms with van der Waals surface area (Å²) in [6, 6.07) is 10.3. The molecule has 0 aliphatic rings. The van der Waals surface area contributed by atoms with Crippen LogP contribution in [0.3, 0.4) is 0 Å². The van der Waals surface area contributed by atoms with Crippen LogP contribution in [0, 0.1) is 6.92 Å². The first kappa shape index (κ1) is 17.6. The summed E-state index contributed by atoms with van der Waals surface area (Å²) in [7, 11) is 1.56. The Balaban J connectivity index is 1.80. The fraction of sp³-hybridized carbons (Fsp3) is 0.100. The Morgan fingerprint density at radius 3 is 2.67 bits per heavy atom. The third-order valence-corrected chi connectivity index (χ3v) is 4.97. The Labute approximate surface area is 165 Å². The van der Waals surface area contributed by atoms with Crippen molar-refractivity contribution in [3.8, 4) is 16.9 Å². The van der Waals surface area contributed by atoms with Gasteiger partial charge in [0, 0.05) is 29.2 Å². The van der Waals surface area contributed by atoms with Crippen LogP contribution in [0.15, 0.2) is 47.0 Å². The summed E-state index contributed by atoms with van der Waals surface area (Å²) in [6.07, 6.45) is 1.69. The van der Waals surface area contributed by atoms with E-state index < -0.39 is 0 Å². The molecule has 0 saturated heterocycles. The second-order valence-corrected chi connectivity index (χ2v) is 6.84. The largest absolute Gasteiger partial charge is 0.493 e. The maximum Gasteiger partial charge on any atom is 0.260 e. The van der Waals surface area contributed by atoms with Gasteiger partial charge in [-0.3, -0.25) is 9.78 Å². The fourth-order valence-corrected chi connectivity index (χ4v) is 3.33. The standard InChI is InChI=1S/C20H14Cl2N2O3/c1-10-7-11(5-6-23-10)17-18(15-9-16(26-2)19(17)27-15)20(25)24-12-3-4-13(21)14(22)8-12/h3-9H,1-2H3,(H,24,25). The van der Waals surface area contributed by atoms with Gasteiger partial charge in [-0.05, 0) is 42.8 Å². The molecule has 0 aliphatic heterocycles. The molecule has 1 aromatic carbocycles. The lowest BCUT2D eigenvalue weighted by Gasteiger charge is -2.10. The first-order valence-electron chi connectivity index (χ1n) is 8.10. The molecule has 27 heavy (non-hydrogen) atoms. The minimum atomic E-state index is -0.311. The van der Waals surface area contributed by atoms with Gasteiger partial charge in [-0.2, -0.15) is 0 Å². The van der Waals surface area contributed by atoms with E-state index in [4.69, 9.17) is 32.4 Å². The number of fused-ring (bicyclic) bond motifs is 2. The topological polar surface area (TPSA) is 64.4 Å². The molecular formula is C20H14Cl2N2O3. The molecular weight excluding hydrogens is 387 g/mol.